The summed E-state index contributed by atoms with van der Waals surface area (Å²) in [6, 6.07) is 15.6. The Bertz CT molecular complexity index is 1940. The second-order valence-corrected chi connectivity index (χ2v) is 11.6. The average molecular weight is 610 g/mol. The Morgan fingerprint density at radius 1 is 1.14 bits per heavy atom. The van der Waals surface area contributed by atoms with E-state index in [9.17, 15) is 22.7 Å². The number of para-hydroxylation sites is 1. The minimum absolute atomic E-state index is 0.0751. The first-order valence-electron chi connectivity index (χ1n) is 12.9. The molecule has 12 nitrogen and oxygen atoms in total. The van der Waals surface area contributed by atoms with E-state index in [0.717, 1.165) is 6.26 Å². The van der Waals surface area contributed by atoms with E-state index in [2.05, 4.69) is 14.8 Å². The highest BCUT2D eigenvalue weighted by molar-refractivity contribution is 7.92. The fourth-order valence-corrected chi connectivity index (χ4v) is 4.89. The molecule has 1 atom stereocenters. The standard InChI is InChI=1S/C29H28FN5O7S/c1-16-9-18(7-8-25(16)42-26-6-4-3-5-21(26)30)35-29(31)20(13-32-35)28(38)24-10-17-11-27(41-15-19(37)14-36)23(12-22(17)33-24)34-43(2,39)40/h3-13,19,33-34,36-37H,14-15,31H2,1-2H3/t19-/m0/s1. The SMILES string of the molecule is Cc1cc(-n2ncc(C(=O)c3cc4cc(OC[C@@H](O)CO)c(NS(C)(=O)=O)cc4[nH]3)c2N)ccc1Oc1ccccc1F. The predicted octanol–water partition coefficient (Wildman–Crippen LogP) is 3.51. The van der Waals surface area contributed by atoms with Crippen LogP contribution in [0.4, 0.5) is 15.9 Å². The molecular formula is C29H28FN5O7S. The fraction of sp³-hybridized carbons (Fsp3) is 0.172. The number of sulfonamides is 1. The van der Waals surface area contributed by atoms with Crippen molar-refractivity contribution in [2.75, 3.05) is 29.9 Å². The molecule has 0 spiro atoms. The van der Waals surface area contributed by atoms with Gasteiger partial charge in [0, 0.05) is 10.9 Å². The van der Waals surface area contributed by atoms with Gasteiger partial charge < -0.3 is 30.4 Å². The lowest BCUT2D eigenvalue weighted by atomic mass is 10.1. The minimum atomic E-state index is -3.69. The molecule has 224 valence electrons. The van der Waals surface area contributed by atoms with Gasteiger partial charge in [-0.15, -0.1) is 0 Å². The highest BCUT2D eigenvalue weighted by atomic mass is 32.2. The predicted molar refractivity (Wildman–Crippen MR) is 158 cm³/mol. The Kier molecular flexibility index (Phi) is 8.08. The zero-order chi connectivity index (χ0) is 30.9. The number of halogens is 1. The molecule has 6 N–H and O–H groups in total. The van der Waals surface area contributed by atoms with Gasteiger partial charge in [0.05, 0.1) is 41.7 Å². The number of aromatic amines is 1. The molecule has 0 amide bonds. The van der Waals surface area contributed by atoms with Gasteiger partial charge in [-0.2, -0.15) is 5.10 Å². The Morgan fingerprint density at radius 3 is 2.60 bits per heavy atom. The van der Waals surface area contributed by atoms with E-state index >= 15 is 0 Å². The Morgan fingerprint density at radius 2 is 1.91 bits per heavy atom. The monoisotopic (exact) mass is 609 g/mol. The maximum absolute atomic E-state index is 14.0. The fourth-order valence-electron chi connectivity index (χ4n) is 4.33. The Hall–Kier alpha value is -4.92. The molecule has 0 radical (unpaired) electrons. The number of benzene rings is 3. The van der Waals surface area contributed by atoms with E-state index in [1.807, 2.05) is 0 Å². The van der Waals surface area contributed by atoms with Crippen LogP contribution in [0.5, 0.6) is 17.2 Å². The van der Waals surface area contributed by atoms with Crippen LogP contribution in [-0.4, -0.2) is 64.8 Å². The van der Waals surface area contributed by atoms with Crippen molar-refractivity contribution in [3.8, 4) is 22.9 Å². The van der Waals surface area contributed by atoms with Crippen LogP contribution in [0.25, 0.3) is 16.6 Å². The zero-order valence-electron chi connectivity index (χ0n) is 23.0. The van der Waals surface area contributed by atoms with Gasteiger partial charge in [0.1, 0.15) is 30.0 Å². The number of hydrogen-bond donors (Lipinski definition) is 5. The summed E-state index contributed by atoms with van der Waals surface area (Å²) >= 11 is 0. The van der Waals surface area contributed by atoms with E-state index in [4.69, 9.17) is 20.3 Å². The third-order valence-electron chi connectivity index (χ3n) is 6.41. The van der Waals surface area contributed by atoms with Crippen molar-refractivity contribution in [3.05, 3.63) is 89.5 Å². The van der Waals surface area contributed by atoms with Crippen molar-refractivity contribution in [1.29, 1.82) is 0 Å². The molecule has 0 saturated carbocycles. The number of nitrogens with two attached hydrogens (primary N) is 1. The molecule has 5 rings (SSSR count). The lowest BCUT2D eigenvalue weighted by Crippen LogP contribution is -2.22. The summed E-state index contributed by atoms with van der Waals surface area (Å²) < 4.78 is 52.8. The largest absolute Gasteiger partial charge is 0.489 e. The number of anilines is 2. The number of nitrogens with zero attached hydrogens (tertiary/aromatic N) is 2. The van der Waals surface area contributed by atoms with Crippen LogP contribution >= 0.6 is 0 Å². The van der Waals surface area contributed by atoms with Crippen LogP contribution in [0.2, 0.25) is 0 Å². The second kappa shape index (κ2) is 11.8. The number of H-pyrrole nitrogens is 1. The van der Waals surface area contributed by atoms with Crippen LogP contribution in [0.3, 0.4) is 0 Å². The van der Waals surface area contributed by atoms with Gasteiger partial charge >= 0.3 is 0 Å². The van der Waals surface area contributed by atoms with Crippen LogP contribution in [-0.2, 0) is 10.0 Å². The summed E-state index contributed by atoms with van der Waals surface area (Å²) in [5, 5.41) is 23.5. The van der Waals surface area contributed by atoms with Crippen LogP contribution < -0.4 is 19.9 Å². The molecule has 0 bridgehead atoms. The number of ketones is 1. The van der Waals surface area contributed by atoms with Gasteiger partial charge in [0.15, 0.2) is 11.6 Å². The molecule has 0 unspecified atom stereocenters. The van der Waals surface area contributed by atoms with E-state index in [0.29, 0.717) is 27.9 Å². The first-order chi connectivity index (χ1) is 20.4. The van der Waals surface area contributed by atoms with Gasteiger partial charge in [-0.25, -0.2) is 17.5 Å². The van der Waals surface area contributed by atoms with Crippen molar-refractivity contribution in [1.82, 2.24) is 14.8 Å². The molecule has 2 heterocycles. The highest BCUT2D eigenvalue weighted by Crippen LogP contribution is 2.33. The number of ether oxygens (including phenoxy) is 2. The van der Waals surface area contributed by atoms with Gasteiger partial charge in [0.2, 0.25) is 15.8 Å². The van der Waals surface area contributed by atoms with Gasteiger partial charge in [-0.3, -0.25) is 9.52 Å². The van der Waals surface area contributed by atoms with Crippen molar-refractivity contribution in [3.63, 3.8) is 0 Å². The van der Waals surface area contributed by atoms with Gasteiger partial charge in [-0.05, 0) is 61.0 Å². The molecule has 0 aliphatic rings. The van der Waals surface area contributed by atoms with Crippen LogP contribution in [0.1, 0.15) is 21.6 Å². The maximum atomic E-state index is 14.0. The van der Waals surface area contributed by atoms with Gasteiger partial charge in [-0.1, -0.05) is 12.1 Å². The van der Waals surface area contributed by atoms with Crippen LogP contribution in [0, 0.1) is 12.7 Å². The number of aryl methyl sites for hydroxylation is 1. The topological polar surface area (TPSA) is 182 Å². The number of aromatic nitrogens is 3. The summed E-state index contributed by atoms with van der Waals surface area (Å²) in [6.07, 6.45) is 1.13. The first-order valence-corrected chi connectivity index (χ1v) is 14.8. The lowest BCUT2D eigenvalue weighted by molar-refractivity contribution is 0.0539. The normalized spacial score (nSPS) is 12.3. The molecule has 0 saturated heterocycles. The summed E-state index contributed by atoms with van der Waals surface area (Å²) in [4.78, 5) is 16.4. The first kappa shape index (κ1) is 29.6. The van der Waals surface area contributed by atoms with Crippen molar-refractivity contribution < 1.29 is 37.3 Å². The third-order valence-corrected chi connectivity index (χ3v) is 7.00. The minimum Gasteiger partial charge on any atom is -0.489 e. The Labute approximate surface area is 245 Å². The van der Waals surface area contributed by atoms with Crippen LogP contribution in [0.15, 0.2) is 66.9 Å². The van der Waals surface area contributed by atoms with E-state index in [1.165, 1.54) is 35.1 Å². The number of fused-ring (bicyclic) bond motifs is 1. The van der Waals surface area contributed by atoms with Crippen molar-refractivity contribution >= 4 is 38.2 Å². The number of hydrogen-bond acceptors (Lipinski definition) is 9. The summed E-state index contributed by atoms with van der Waals surface area (Å²) in [5.74, 6) is -0.265. The number of nitrogens with one attached hydrogen (secondary N) is 2. The smallest absolute Gasteiger partial charge is 0.229 e. The maximum Gasteiger partial charge on any atom is 0.229 e. The number of rotatable bonds is 11. The molecular weight excluding hydrogens is 581 g/mol. The molecule has 5 aromatic rings. The third kappa shape index (κ3) is 6.45. The number of aliphatic hydroxyl groups excluding tert-OH is 2. The number of aliphatic hydroxyl groups is 2. The molecule has 2 aromatic heterocycles. The summed E-state index contributed by atoms with van der Waals surface area (Å²) in [7, 11) is -3.69. The second-order valence-electron chi connectivity index (χ2n) is 9.81. The number of nitrogen functional groups attached to an aromatic ring is 1. The number of carbonyl (C=O) groups is 1. The zero-order valence-corrected chi connectivity index (χ0v) is 23.9. The molecule has 0 fully saturated rings. The molecule has 14 heteroatoms. The summed E-state index contributed by atoms with van der Waals surface area (Å²) in [6.45, 7) is 0.952. The number of carbonyl (C=O) groups excluding carboxylic acids is 1. The van der Waals surface area contributed by atoms with E-state index in [1.54, 1.807) is 43.3 Å². The quantitative estimate of drug-likeness (QED) is 0.140. The van der Waals surface area contributed by atoms with Crippen molar-refractivity contribution in [2.45, 2.75) is 13.0 Å². The molecule has 43 heavy (non-hydrogen) atoms. The lowest BCUT2D eigenvalue weighted by Gasteiger charge is -2.14. The van der Waals surface area contributed by atoms with Gasteiger partial charge in [0.25, 0.3) is 0 Å². The Balaban J connectivity index is 1.42. The average Bonchev–Trinajstić information content (AvgIpc) is 3.55. The highest BCUT2D eigenvalue weighted by Gasteiger charge is 2.21. The molecule has 3 aromatic carbocycles. The van der Waals surface area contributed by atoms with E-state index in [-0.39, 0.29) is 40.9 Å². The molecule has 0 aliphatic carbocycles. The molecule has 0 aliphatic heterocycles. The summed E-state index contributed by atoms with van der Waals surface area (Å²) in [5.41, 5.74) is 8.35. The van der Waals surface area contributed by atoms with E-state index < -0.39 is 34.3 Å². The van der Waals surface area contributed by atoms with Crippen molar-refractivity contribution in [2.24, 2.45) is 0 Å².